The van der Waals surface area contributed by atoms with Crippen LogP contribution in [0.25, 0.3) is 0 Å². The summed E-state index contributed by atoms with van der Waals surface area (Å²) in [5.74, 6) is 0. The summed E-state index contributed by atoms with van der Waals surface area (Å²) in [5, 5.41) is 8.33. The van der Waals surface area contributed by atoms with E-state index in [4.69, 9.17) is 5.14 Å². The first-order valence-corrected chi connectivity index (χ1v) is 6.86. The van der Waals surface area contributed by atoms with E-state index in [9.17, 15) is 8.42 Å². The molecule has 0 fully saturated rings. The van der Waals surface area contributed by atoms with Gasteiger partial charge in [0, 0.05) is 12.6 Å². The summed E-state index contributed by atoms with van der Waals surface area (Å²) in [6.07, 6.45) is 0. The highest BCUT2D eigenvalue weighted by Crippen LogP contribution is 2.16. The zero-order chi connectivity index (χ0) is 13.1. The van der Waals surface area contributed by atoms with Crippen LogP contribution in [0, 0.1) is 0 Å². The maximum absolute atomic E-state index is 11.2. The largest absolute Gasteiger partial charge is 0.306 e. The van der Waals surface area contributed by atoms with Crippen molar-refractivity contribution in [2.75, 3.05) is 6.54 Å². The van der Waals surface area contributed by atoms with Gasteiger partial charge < -0.3 is 5.32 Å². The fourth-order valence-electron chi connectivity index (χ4n) is 1.41. The fraction of sp³-hybridized carbons (Fsp3) is 0.333. The molecule has 0 heterocycles. The highest BCUT2D eigenvalue weighted by atomic mass is 32.2. The molecule has 1 unspecified atom stereocenters. The normalized spacial score (nSPS) is 13.4. The van der Waals surface area contributed by atoms with E-state index in [0.717, 1.165) is 11.1 Å². The van der Waals surface area contributed by atoms with Crippen molar-refractivity contribution in [3.8, 4) is 0 Å². The molecule has 0 aliphatic heterocycles. The summed E-state index contributed by atoms with van der Waals surface area (Å²) in [5.41, 5.74) is 1.91. The van der Waals surface area contributed by atoms with Gasteiger partial charge in [-0.15, -0.1) is 0 Å². The summed E-state index contributed by atoms with van der Waals surface area (Å²) < 4.78 is 22.4. The first-order valence-electron chi connectivity index (χ1n) is 5.31. The third kappa shape index (κ3) is 4.30. The maximum Gasteiger partial charge on any atom is 0.238 e. The molecule has 1 atom stereocenters. The molecule has 0 spiro atoms. The van der Waals surface area contributed by atoms with Crippen LogP contribution >= 0.6 is 0 Å². The van der Waals surface area contributed by atoms with Crippen LogP contribution in [-0.2, 0) is 10.0 Å². The second kappa shape index (κ2) is 5.44. The van der Waals surface area contributed by atoms with Gasteiger partial charge in [0.1, 0.15) is 0 Å². The molecule has 0 radical (unpaired) electrons. The van der Waals surface area contributed by atoms with E-state index in [2.05, 4.69) is 11.9 Å². The Kier molecular flexibility index (Phi) is 4.45. The van der Waals surface area contributed by atoms with Gasteiger partial charge in [-0.05, 0) is 31.5 Å². The van der Waals surface area contributed by atoms with Crippen LogP contribution in [0.5, 0.6) is 0 Å². The minimum atomic E-state index is -3.64. The number of hydrogen-bond donors (Lipinski definition) is 2. The molecule has 17 heavy (non-hydrogen) atoms. The maximum atomic E-state index is 11.2. The molecule has 1 aromatic rings. The first-order chi connectivity index (χ1) is 7.80. The lowest BCUT2D eigenvalue weighted by Crippen LogP contribution is -2.21. The topological polar surface area (TPSA) is 72.2 Å². The van der Waals surface area contributed by atoms with Gasteiger partial charge in [-0.25, -0.2) is 13.6 Å². The molecule has 0 amide bonds. The van der Waals surface area contributed by atoms with Crippen molar-refractivity contribution in [3.05, 3.63) is 42.0 Å². The van der Waals surface area contributed by atoms with Gasteiger partial charge in [0.15, 0.2) is 0 Å². The number of nitrogens with one attached hydrogen (secondary N) is 1. The Morgan fingerprint density at radius 3 is 2.71 bits per heavy atom. The highest BCUT2D eigenvalue weighted by molar-refractivity contribution is 7.89. The monoisotopic (exact) mass is 254 g/mol. The van der Waals surface area contributed by atoms with Crippen molar-refractivity contribution in [1.82, 2.24) is 5.32 Å². The molecule has 94 valence electrons. The Hall–Kier alpha value is -1.17. The summed E-state index contributed by atoms with van der Waals surface area (Å²) in [4.78, 5) is 0.138. The number of sulfonamides is 1. The van der Waals surface area contributed by atoms with Crippen LogP contribution < -0.4 is 10.5 Å². The predicted octanol–water partition coefficient (Wildman–Crippen LogP) is 1.56. The minimum absolute atomic E-state index is 0.0494. The van der Waals surface area contributed by atoms with Crippen LogP contribution in [0.2, 0.25) is 0 Å². The number of nitrogens with two attached hydrogens (primary N) is 1. The lowest BCUT2D eigenvalue weighted by Gasteiger charge is -2.14. The lowest BCUT2D eigenvalue weighted by atomic mass is 10.1. The Morgan fingerprint density at radius 1 is 1.53 bits per heavy atom. The quantitative estimate of drug-likeness (QED) is 0.783. The van der Waals surface area contributed by atoms with E-state index < -0.39 is 10.0 Å². The van der Waals surface area contributed by atoms with Gasteiger partial charge >= 0.3 is 0 Å². The first kappa shape index (κ1) is 13.9. The van der Waals surface area contributed by atoms with Gasteiger partial charge in [-0.2, -0.15) is 0 Å². The Bertz CT molecular complexity index is 509. The second-order valence-electron chi connectivity index (χ2n) is 4.18. The van der Waals surface area contributed by atoms with Gasteiger partial charge in [0.2, 0.25) is 10.0 Å². The highest BCUT2D eigenvalue weighted by Gasteiger charge is 2.10. The van der Waals surface area contributed by atoms with Crippen LogP contribution in [0.4, 0.5) is 0 Å². The van der Waals surface area contributed by atoms with Crippen LogP contribution in [0.15, 0.2) is 41.3 Å². The van der Waals surface area contributed by atoms with Crippen molar-refractivity contribution >= 4 is 10.0 Å². The Morgan fingerprint density at radius 2 is 2.18 bits per heavy atom. The number of rotatable bonds is 5. The van der Waals surface area contributed by atoms with E-state index >= 15 is 0 Å². The second-order valence-corrected chi connectivity index (χ2v) is 5.74. The molecule has 3 N–H and O–H groups in total. The summed E-state index contributed by atoms with van der Waals surface area (Å²) in [6, 6.07) is 6.68. The van der Waals surface area contributed by atoms with Gasteiger partial charge in [-0.1, -0.05) is 24.3 Å². The molecule has 4 nitrogen and oxygen atoms in total. The van der Waals surface area contributed by atoms with Gasteiger partial charge in [0.25, 0.3) is 0 Å². The summed E-state index contributed by atoms with van der Waals surface area (Å²) >= 11 is 0. The summed E-state index contributed by atoms with van der Waals surface area (Å²) in [7, 11) is -3.64. The molecule has 5 heteroatoms. The van der Waals surface area contributed by atoms with Crippen LogP contribution in [0.3, 0.4) is 0 Å². The Labute approximate surface area is 103 Å². The molecular weight excluding hydrogens is 236 g/mol. The third-order valence-corrected chi connectivity index (χ3v) is 3.31. The molecule has 0 aromatic heterocycles. The van der Waals surface area contributed by atoms with Crippen molar-refractivity contribution in [3.63, 3.8) is 0 Å². The van der Waals surface area contributed by atoms with Crippen molar-refractivity contribution < 1.29 is 8.42 Å². The van der Waals surface area contributed by atoms with E-state index in [0.29, 0.717) is 6.54 Å². The van der Waals surface area contributed by atoms with E-state index in [1.807, 2.05) is 19.9 Å². The summed E-state index contributed by atoms with van der Waals surface area (Å²) in [6.45, 7) is 8.39. The fourth-order valence-corrected chi connectivity index (χ4v) is 1.97. The number of primary sulfonamides is 1. The molecular formula is C12H18N2O2S. The zero-order valence-electron chi connectivity index (χ0n) is 10.1. The third-order valence-electron chi connectivity index (χ3n) is 2.40. The van der Waals surface area contributed by atoms with Gasteiger partial charge in [0.05, 0.1) is 4.90 Å². The predicted molar refractivity (Wildman–Crippen MR) is 69.0 cm³/mol. The average Bonchev–Trinajstić information content (AvgIpc) is 2.25. The lowest BCUT2D eigenvalue weighted by molar-refractivity contribution is 0.594. The molecule has 0 bridgehead atoms. The van der Waals surface area contributed by atoms with Crippen molar-refractivity contribution in [2.45, 2.75) is 24.8 Å². The average molecular weight is 254 g/mol. The van der Waals surface area contributed by atoms with Crippen molar-refractivity contribution in [1.29, 1.82) is 0 Å². The zero-order valence-corrected chi connectivity index (χ0v) is 10.9. The van der Waals surface area contributed by atoms with Crippen LogP contribution in [-0.4, -0.2) is 15.0 Å². The molecule has 0 aliphatic rings. The van der Waals surface area contributed by atoms with E-state index in [-0.39, 0.29) is 10.9 Å². The SMILES string of the molecule is C=C(C)CNC(C)c1cccc(S(N)(=O)=O)c1. The number of hydrogen-bond acceptors (Lipinski definition) is 3. The van der Waals surface area contributed by atoms with Crippen molar-refractivity contribution in [2.24, 2.45) is 5.14 Å². The molecule has 0 aliphatic carbocycles. The van der Waals surface area contributed by atoms with E-state index in [1.54, 1.807) is 12.1 Å². The molecule has 0 saturated heterocycles. The molecule has 1 rings (SSSR count). The standard InChI is InChI=1S/C12H18N2O2S/c1-9(2)8-14-10(3)11-5-4-6-12(7-11)17(13,15)16/h4-7,10,14H,1,8H2,2-3H3,(H2,13,15,16). The number of benzene rings is 1. The van der Waals surface area contributed by atoms with E-state index in [1.165, 1.54) is 6.07 Å². The molecule has 0 saturated carbocycles. The van der Waals surface area contributed by atoms with Gasteiger partial charge in [-0.3, -0.25) is 0 Å². The molecule has 1 aromatic carbocycles. The Balaban J connectivity index is 2.88. The minimum Gasteiger partial charge on any atom is -0.306 e. The smallest absolute Gasteiger partial charge is 0.238 e. The van der Waals surface area contributed by atoms with Crippen LogP contribution in [0.1, 0.15) is 25.5 Å².